The van der Waals surface area contributed by atoms with Gasteiger partial charge in [-0.2, -0.15) is 0 Å². The van der Waals surface area contributed by atoms with E-state index in [1.54, 1.807) is 0 Å². The third kappa shape index (κ3) is 3.87. The summed E-state index contributed by atoms with van der Waals surface area (Å²) in [5, 5.41) is 4.26. The fraction of sp³-hybridized carbons (Fsp3) is 0.185. The minimum Gasteiger partial charge on any atom is -0.378 e. The minimum absolute atomic E-state index is 0.0634. The van der Waals surface area contributed by atoms with Gasteiger partial charge in [0, 0.05) is 48.7 Å². The van der Waals surface area contributed by atoms with E-state index in [0.717, 1.165) is 22.8 Å². The van der Waals surface area contributed by atoms with E-state index in [0.29, 0.717) is 5.11 Å². The van der Waals surface area contributed by atoms with Crippen LogP contribution in [0.4, 0.5) is 11.4 Å². The molecular formula is C27H27N5S. The standard InChI is InChI=1S/C27H27N5S/c1-19-12-17-24(31(19)21-9-5-4-6-10-21)26-25(23-11-7-8-18-28-23)29-27(33)32(26)22-15-13-20(14-16-22)30(2)3/h4-18,25-26H,1-3H3,(H,29,33)/t25-,26-/m1/s1. The number of nitrogens with zero attached hydrogens (tertiary/aromatic N) is 4. The lowest BCUT2D eigenvalue weighted by molar-refractivity contribution is 0.548. The van der Waals surface area contributed by atoms with Gasteiger partial charge in [-0.05, 0) is 79.8 Å². The molecule has 0 unspecified atom stereocenters. The van der Waals surface area contributed by atoms with Crippen LogP contribution in [0.1, 0.15) is 29.2 Å². The Balaban J connectivity index is 1.67. The summed E-state index contributed by atoms with van der Waals surface area (Å²) in [5.74, 6) is 0. The van der Waals surface area contributed by atoms with Crippen LogP contribution in [0.5, 0.6) is 0 Å². The number of rotatable bonds is 5. The molecule has 3 heterocycles. The molecule has 4 aromatic rings. The van der Waals surface area contributed by atoms with Gasteiger partial charge >= 0.3 is 0 Å². The van der Waals surface area contributed by atoms with Crippen LogP contribution in [-0.2, 0) is 0 Å². The fourth-order valence-corrected chi connectivity index (χ4v) is 4.91. The maximum absolute atomic E-state index is 5.90. The predicted molar refractivity (Wildman–Crippen MR) is 139 cm³/mol. The zero-order valence-electron chi connectivity index (χ0n) is 19.0. The SMILES string of the molecule is Cc1ccc([C@@H]2[C@@H](c3ccccn3)NC(=S)N2c2ccc(N(C)C)cc2)n1-c1ccccc1. The Kier molecular flexibility index (Phi) is 5.60. The number of hydrogen-bond acceptors (Lipinski definition) is 3. The molecule has 1 aliphatic heterocycles. The molecular weight excluding hydrogens is 426 g/mol. The number of anilines is 2. The van der Waals surface area contributed by atoms with Gasteiger partial charge in [-0.25, -0.2) is 0 Å². The Morgan fingerprint density at radius 3 is 2.24 bits per heavy atom. The molecule has 5 rings (SSSR count). The second-order valence-electron chi connectivity index (χ2n) is 8.48. The summed E-state index contributed by atoms with van der Waals surface area (Å²) in [7, 11) is 4.10. The van der Waals surface area contributed by atoms with Crippen LogP contribution in [-0.4, -0.2) is 28.8 Å². The van der Waals surface area contributed by atoms with E-state index >= 15 is 0 Å². The predicted octanol–water partition coefficient (Wildman–Crippen LogP) is 5.42. The fourth-order valence-electron chi connectivity index (χ4n) is 4.56. The van der Waals surface area contributed by atoms with Gasteiger partial charge in [-0.15, -0.1) is 0 Å². The average Bonchev–Trinajstić information content (AvgIpc) is 3.39. The second kappa shape index (κ2) is 8.71. The van der Waals surface area contributed by atoms with Crippen LogP contribution in [0.15, 0.2) is 91.1 Å². The van der Waals surface area contributed by atoms with E-state index in [4.69, 9.17) is 12.2 Å². The summed E-state index contributed by atoms with van der Waals surface area (Å²) in [6.07, 6.45) is 1.84. The molecule has 1 fully saturated rings. The Morgan fingerprint density at radius 2 is 1.58 bits per heavy atom. The van der Waals surface area contributed by atoms with E-state index in [1.165, 1.54) is 11.4 Å². The second-order valence-corrected chi connectivity index (χ2v) is 8.86. The molecule has 0 saturated carbocycles. The van der Waals surface area contributed by atoms with Gasteiger partial charge in [-0.3, -0.25) is 4.98 Å². The van der Waals surface area contributed by atoms with Crippen LogP contribution in [0.3, 0.4) is 0 Å². The third-order valence-corrected chi connectivity index (χ3v) is 6.48. The van der Waals surface area contributed by atoms with Crippen LogP contribution >= 0.6 is 12.2 Å². The van der Waals surface area contributed by atoms with Crippen molar-refractivity contribution in [3.63, 3.8) is 0 Å². The molecule has 0 spiro atoms. The topological polar surface area (TPSA) is 36.3 Å². The summed E-state index contributed by atoms with van der Waals surface area (Å²) in [6, 6.07) is 29.3. The average molecular weight is 454 g/mol. The highest BCUT2D eigenvalue weighted by Gasteiger charge is 2.42. The summed E-state index contributed by atoms with van der Waals surface area (Å²) in [6.45, 7) is 2.14. The number of benzene rings is 2. The van der Waals surface area contributed by atoms with Crippen molar-refractivity contribution in [2.24, 2.45) is 0 Å². The minimum atomic E-state index is -0.0796. The Hall–Kier alpha value is -3.64. The first-order valence-electron chi connectivity index (χ1n) is 11.1. The highest BCUT2D eigenvalue weighted by atomic mass is 32.1. The molecule has 1 N–H and O–H groups in total. The molecule has 5 nitrogen and oxygen atoms in total. The number of para-hydroxylation sites is 1. The summed E-state index contributed by atoms with van der Waals surface area (Å²) < 4.78 is 2.32. The van der Waals surface area contributed by atoms with Crippen LogP contribution < -0.4 is 15.1 Å². The van der Waals surface area contributed by atoms with Crippen molar-refractivity contribution in [1.82, 2.24) is 14.9 Å². The zero-order chi connectivity index (χ0) is 22.9. The highest BCUT2D eigenvalue weighted by Crippen LogP contribution is 2.43. The first kappa shape index (κ1) is 21.2. The van der Waals surface area contributed by atoms with Gasteiger partial charge in [-0.1, -0.05) is 24.3 Å². The smallest absolute Gasteiger partial charge is 0.174 e. The lowest BCUT2D eigenvalue weighted by Crippen LogP contribution is -2.30. The summed E-state index contributed by atoms with van der Waals surface area (Å²) >= 11 is 5.90. The molecule has 33 heavy (non-hydrogen) atoms. The van der Waals surface area contributed by atoms with Gasteiger partial charge in [0.15, 0.2) is 5.11 Å². The van der Waals surface area contributed by atoms with Crippen molar-refractivity contribution < 1.29 is 0 Å². The van der Waals surface area contributed by atoms with Gasteiger partial charge in [0.2, 0.25) is 0 Å². The monoisotopic (exact) mass is 453 g/mol. The molecule has 2 aromatic carbocycles. The van der Waals surface area contributed by atoms with Crippen molar-refractivity contribution in [3.05, 3.63) is 108 Å². The van der Waals surface area contributed by atoms with Crippen LogP contribution in [0.25, 0.3) is 5.69 Å². The molecule has 6 heteroatoms. The molecule has 1 aliphatic rings. The van der Waals surface area contributed by atoms with Crippen molar-refractivity contribution in [3.8, 4) is 5.69 Å². The lowest BCUT2D eigenvalue weighted by atomic mass is 10.0. The number of hydrogen-bond donors (Lipinski definition) is 1. The number of nitrogens with one attached hydrogen (secondary N) is 1. The van der Waals surface area contributed by atoms with Gasteiger partial charge in [0.05, 0.1) is 11.7 Å². The van der Waals surface area contributed by atoms with E-state index in [-0.39, 0.29) is 12.1 Å². The maximum Gasteiger partial charge on any atom is 0.174 e. The van der Waals surface area contributed by atoms with E-state index in [9.17, 15) is 0 Å². The molecule has 0 radical (unpaired) electrons. The molecule has 166 valence electrons. The van der Waals surface area contributed by atoms with Gasteiger partial charge in [0.25, 0.3) is 0 Å². The number of pyridine rings is 1. The number of thiocarbonyl (C=S) groups is 1. The van der Waals surface area contributed by atoms with Crippen molar-refractivity contribution in [2.45, 2.75) is 19.0 Å². The lowest BCUT2D eigenvalue weighted by Gasteiger charge is -2.29. The van der Waals surface area contributed by atoms with E-state index in [1.807, 2.05) is 38.5 Å². The first-order chi connectivity index (χ1) is 16.0. The Labute approximate surface area is 200 Å². The molecule has 2 aromatic heterocycles. The number of aryl methyl sites for hydroxylation is 1. The quantitative estimate of drug-likeness (QED) is 0.408. The van der Waals surface area contributed by atoms with E-state index in [2.05, 4.69) is 98.3 Å². The summed E-state index contributed by atoms with van der Waals surface area (Å²) in [4.78, 5) is 9.01. The molecule has 1 saturated heterocycles. The van der Waals surface area contributed by atoms with Crippen molar-refractivity contribution in [1.29, 1.82) is 0 Å². The van der Waals surface area contributed by atoms with E-state index < -0.39 is 0 Å². The number of aromatic nitrogens is 2. The normalized spacial score (nSPS) is 17.8. The first-order valence-corrected chi connectivity index (χ1v) is 11.5. The molecule has 2 atom stereocenters. The summed E-state index contributed by atoms with van der Waals surface area (Å²) in [5.41, 5.74) is 6.65. The molecule has 0 amide bonds. The third-order valence-electron chi connectivity index (χ3n) is 6.17. The highest BCUT2D eigenvalue weighted by molar-refractivity contribution is 7.80. The van der Waals surface area contributed by atoms with Gasteiger partial charge < -0.3 is 19.7 Å². The Bertz CT molecular complexity index is 1250. The van der Waals surface area contributed by atoms with Gasteiger partial charge in [0.1, 0.15) is 6.04 Å². The molecule has 0 bridgehead atoms. The van der Waals surface area contributed by atoms with Crippen LogP contribution in [0.2, 0.25) is 0 Å². The van der Waals surface area contributed by atoms with Crippen LogP contribution in [0, 0.1) is 6.92 Å². The van der Waals surface area contributed by atoms with Crippen molar-refractivity contribution in [2.75, 3.05) is 23.9 Å². The maximum atomic E-state index is 5.90. The Morgan fingerprint density at radius 1 is 0.848 bits per heavy atom. The van der Waals surface area contributed by atoms with Crippen molar-refractivity contribution >= 4 is 28.7 Å². The zero-order valence-corrected chi connectivity index (χ0v) is 19.8. The largest absolute Gasteiger partial charge is 0.378 e. The molecule has 0 aliphatic carbocycles.